The molecular formula is C15H24N. The fourth-order valence-corrected chi connectivity index (χ4v) is 1.85. The van der Waals surface area contributed by atoms with E-state index in [9.17, 15) is 0 Å². The maximum Gasteiger partial charge on any atom is 0.0441 e. The summed E-state index contributed by atoms with van der Waals surface area (Å²) >= 11 is 0. The van der Waals surface area contributed by atoms with Gasteiger partial charge in [-0.15, -0.1) is 0 Å². The SMILES string of the molecule is CCCCCCCCC[CH]c1ccccn1. The van der Waals surface area contributed by atoms with E-state index in [0.29, 0.717) is 0 Å². The number of rotatable bonds is 9. The zero-order valence-corrected chi connectivity index (χ0v) is 10.5. The smallest absolute Gasteiger partial charge is 0.0441 e. The minimum atomic E-state index is 1.12. The van der Waals surface area contributed by atoms with Gasteiger partial charge in [0.1, 0.15) is 0 Å². The summed E-state index contributed by atoms with van der Waals surface area (Å²) in [5, 5.41) is 0. The Labute approximate surface area is 100 Å². The minimum Gasteiger partial charge on any atom is -0.261 e. The highest BCUT2D eigenvalue weighted by Crippen LogP contribution is 2.11. The highest BCUT2D eigenvalue weighted by molar-refractivity contribution is 5.12. The number of aromatic nitrogens is 1. The molecule has 16 heavy (non-hydrogen) atoms. The predicted octanol–water partition coefficient (Wildman–Crippen LogP) is 4.77. The third kappa shape index (κ3) is 6.60. The maximum absolute atomic E-state index is 4.28. The summed E-state index contributed by atoms with van der Waals surface area (Å²) < 4.78 is 0. The summed E-state index contributed by atoms with van der Waals surface area (Å²) in [6, 6.07) is 6.08. The number of nitrogens with zero attached hydrogens (tertiary/aromatic N) is 1. The lowest BCUT2D eigenvalue weighted by molar-refractivity contribution is 0.588. The molecule has 0 aliphatic heterocycles. The number of hydrogen-bond acceptors (Lipinski definition) is 1. The molecule has 0 N–H and O–H groups in total. The first-order valence-corrected chi connectivity index (χ1v) is 6.67. The van der Waals surface area contributed by atoms with Crippen LogP contribution in [0.1, 0.15) is 64.0 Å². The Kier molecular flexibility index (Phi) is 7.75. The molecule has 0 fully saturated rings. The number of unbranched alkanes of at least 4 members (excludes halogenated alkanes) is 7. The van der Waals surface area contributed by atoms with Gasteiger partial charge >= 0.3 is 0 Å². The second-order valence-corrected chi connectivity index (χ2v) is 4.37. The number of pyridine rings is 1. The van der Waals surface area contributed by atoms with Gasteiger partial charge in [0.25, 0.3) is 0 Å². The second kappa shape index (κ2) is 9.38. The topological polar surface area (TPSA) is 12.9 Å². The molecule has 0 aliphatic carbocycles. The van der Waals surface area contributed by atoms with Gasteiger partial charge in [0, 0.05) is 18.3 Å². The van der Waals surface area contributed by atoms with Crippen LogP contribution in [0, 0.1) is 6.42 Å². The van der Waals surface area contributed by atoms with E-state index in [1.165, 1.54) is 51.4 Å². The van der Waals surface area contributed by atoms with E-state index < -0.39 is 0 Å². The third-order valence-electron chi connectivity index (χ3n) is 2.85. The standard InChI is InChI=1S/C15H24N/c1-2-3-4-5-6-7-8-9-12-15-13-10-11-14-16-15/h10-14H,2-9H2,1H3. The van der Waals surface area contributed by atoms with Gasteiger partial charge < -0.3 is 0 Å². The van der Waals surface area contributed by atoms with Crippen LogP contribution >= 0.6 is 0 Å². The molecule has 1 rings (SSSR count). The quantitative estimate of drug-likeness (QED) is 0.544. The van der Waals surface area contributed by atoms with Gasteiger partial charge in [-0.25, -0.2) is 0 Å². The molecule has 0 aromatic carbocycles. The molecular weight excluding hydrogens is 194 g/mol. The third-order valence-corrected chi connectivity index (χ3v) is 2.85. The van der Waals surface area contributed by atoms with Crippen molar-refractivity contribution < 1.29 is 0 Å². The van der Waals surface area contributed by atoms with Crippen molar-refractivity contribution in [2.75, 3.05) is 0 Å². The van der Waals surface area contributed by atoms with E-state index in [1.54, 1.807) is 0 Å². The summed E-state index contributed by atoms with van der Waals surface area (Å²) in [6.45, 7) is 2.27. The van der Waals surface area contributed by atoms with Crippen molar-refractivity contribution in [3.8, 4) is 0 Å². The highest BCUT2D eigenvalue weighted by Gasteiger charge is 1.94. The molecule has 0 unspecified atom stereocenters. The first-order valence-electron chi connectivity index (χ1n) is 6.67. The van der Waals surface area contributed by atoms with E-state index in [4.69, 9.17) is 0 Å². The molecule has 0 saturated carbocycles. The molecule has 1 nitrogen and oxygen atoms in total. The van der Waals surface area contributed by atoms with Crippen LogP contribution in [-0.2, 0) is 0 Å². The lowest BCUT2D eigenvalue weighted by Gasteiger charge is -2.01. The van der Waals surface area contributed by atoms with Crippen LogP contribution in [0.5, 0.6) is 0 Å². The van der Waals surface area contributed by atoms with Gasteiger partial charge in [0.05, 0.1) is 0 Å². The van der Waals surface area contributed by atoms with E-state index in [1.807, 2.05) is 18.3 Å². The van der Waals surface area contributed by atoms with Gasteiger partial charge in [-0.1, -0.05) is 57.9 Å². The van der Waals surface area contributed by atoms with Crippen LogP contribution < -0.4 is 0 Å². The van der Waals surface area contributed by atoms with Crippen LogP contribution in [0.25, 0.3) is 0 Å². The van der Waals surface area contributed by atoms with Crippen molar-refractivity contribution in [1.29, 1.82) is 0 Å². The summed E-state index contributed by atoms with van der Waals surface area (Å²) in [7, 11) is 0. The second-order valence-electron chi connectivity index (χ2n) is 4.37. The molecule has 0 aliphatic rings. The number of hydrogen-bond donors (Lipinski definition) is 0. The van der Waals surface area contributed by atoms with Crippen LogP contribution in [0.3, 0.4) is 0 Å². The van der Waals surface area contributed by atoms with Crippen molar-refractivity contribution in [2.45, 2.75) is 58.3 Å². The zero-order valence-electron chi connectivity index (χ0n) is 10.5. The zero-order chi connectivity index (χ0) is 11.5. The Morgan fingerprint density at radius 1 is 1.00 bits per heavy atom. The van der Waals surface area contributed by atoms with Crippen molar-refractivity contribution in [3.05, 3.63) is 36.5 Å². The summed E-state index contributed by atoms with van der Waals surface area (Å²) in [5.41, 5.74) is 1.12. The lowest BCUT2D eigenvalue weighted by Crippen LogP contribution is -1.86. The average Bonchev–Trinajstić information content (AvgIpc) is 2.34. The molecule has 1 heteroatoms. The van der Waals surface area contributed by atoms with Gasteiger partial charge in [0.15, 0.2) is 0 Å². The Bertz CT molecular complexity index is 243. The normalized spacial score (nSPS) is 10.6. The fraction of sp³-hybridized carbons (Fsp3) is 0.600. The van der Waals surface area contributed by atoms with Crippen molar-refractivity contribution in [1.82, 2.24) is 4.98 Å². The van der Waals surface area contributed by atoms with Gasteiger partial charge in [-0.3, -0.25) is 4.98 Å². The van der Waals surface area contributed by atoms with E-state index in [0.717, 1.165) is 5.69 Å². The Morgan fingerprint density at radius 3 is 2.44 bits per heavy atom. The van der Waals surface area contributed by atoms with Gasteiger partial charge in [-0.05, 0) is 18.6 Å². The molecule has 0 spiro atoms. The molecule has 1 aromatic heterocycles. The lowest BCUT2D eigenvalue weighted by atomic mass is 10.1. The van der Waals surface area contributed by atoms with Crippen LogP contribution in [0.2, 0.25) is 0 Å². The van der Waals surface area contributed by atoms with Crippen LogP contribution in [-0.4, -0.2) is 4.98 Å². The molecule has 0 saturated heterocycles. The van der Waals surface area contributed by atoms with E-state index in [2.05, 4.69) is 24.4 Å². The molecule has 1 heterocycles. The average molecular weight is 218 g/mol. The molecule has 1 radical (unpaired) electrons. The Morgan fingerprint density at radius 2 is 1.75 bits per heavy atom. The molecule has 89 valence electrons. The fourth-order valence-electron chi connectivity index (χ4n) is 1.85. The first kappa shape index (κ1) is 13.2. The molecule has 0 amide bonds. The molecule has 0 bridgehead atoms. The molecule has 0 atom stereocenters. The van der Waals surface area contributed by atoms with Crippen LogP contribution in [0.15, 0.2) is 24.4 Å². The van der Waals surface area contributed by atoms with Crippen LogP contribution in [0.4, 0.5) is 0 Å². The van der Waals surface area contributed by atoms with Crippen molar-refractivity contribution in [3.63, 3.8) is 0 Å². The Hall–Kier alpha value is -0.850. The Balaban J connectivity index is 1.89. The first-order chi connectivity index (χ1) is 7.93. The summed E-state index contributed by atoms with van der Waals surface area (Å²) in [4.78, 5) is 4.28. The van der Waals surface area contributed by atoms with Gasteiger partial charge in [0.2, 0.25) is 0 Å². The monoisotopic (exact) mass is 218 g/mol. The van der Waals surface area contributed by atoms with E-state index in [-0.39, 0.29) is 0 Å². The minimum absolute atomic E-state index is 1.12. The predicted molar refractivity (Wildman–Crippen MR) is 70.2 cm³/mol. The largest absolute Gasteiger partial charge is 0.261 e. The molecule has 1 aromatic rings. The maximum atomic E-state index is 4.28. The van der Waals surface area contributed by atoms with E-state index >= 15 is 0 Å². The highest BCUT2D eigenvalue weighted by atomic mass is 14.7. The van der Waals surface area contributed by atoms with Gasteiger partial charge in [-0.2, -0.15) is 0 Å². The summed E-state index contributed by atoms with van der Waals surface area (Å²) in [6.07, 6.45) is 14.9. The van der Waals surface area contributed by atoms with Crippen molar-refractivity contribution in [2.24, 2.45) is 0 Å². The summed E-state index contributed by atoms with van der Waals surface area (Å²) in [5.74, 6) is 0. The van der Waals surface area contributed by atoms with Crippen molar-refractivity contribution >= 4 is 0 Å².